The van der Waals surface area contributed by atoms with Crippen LogP contribution in [0.1, 0.15) is 41.3 Å². The van der Waals surface area contributed by atoms with Crippen molar-refractivity contribution < 1.29 is 0 Å². The van der Waals surface area contributed by atoms with E-state index in [1.807, 2.05) is 18.2 Å². The lowest BCUT2D eigenvalue weighted by molar-refractivity contribution is 0.699. The quantitative estimate of drug-likeness (QED) is 0.404. The van der Waals surface area contributed by atoms with Crippen molar-refractivity contribution in [2.75, 3.05) is 0 Å². The second kappa shape index (κ2) is 6.73. The average Bonchev–Trinajstić information content (AvgIpc) is 3.07. The smallest absolute Gasteiger partial charge is 0.258 e. The first-order valence-electron chi connectivity index (χ1n) is 9.11. The molecule has 136 valence electrons. The van der Waals surface area contributed by atoms with Crippen LogP contribution in [0.5, 0.6) is 0 Å². The number of H-pyrrole nitrogens is 1. The Bertz CT molecular complexity index is 1210. The van der Waals surface area contributed by atoms with Crippen LogP contribution >= 0.6 is 23.1 Å². The lowest BCUT2D eigenvalue weighted by Crippen LogP contribution is -2.12. The molecule has 5 rings (SSSR count). The molecule has 0 bridgehead atoms. The SMILES string of the molecule is C[C@H](Sc1ncnc2sc3c(c12)CCCC3)c1nc2ccccc2c(=O)[nH]1. The van der Waals surface area contributed by atoms with Crippen LogP contribution in [0.2, 0.25) is 0 Å². The minimum atomic E-state index is -0.0937. The predicted octanol–water partition coefficient (Wildman–Crippen LogP) is 4.66. The number of aromatic nitrogens is 4. The average molecular weight is 395 g/mol. The predicted molar refractivity (Wildman–Crippen MR) is 111 cm³/mol. The van der Waals surface area contributed by atoms with Gasteiger partial charge in [-0.15, -0.1) is 11.3 Å². The number of rotatable bonds is 3. The van der Waals surface area contributed by atoms with Crippen LogP contribution in [0.25, 0.3) is 21.1 Å². The van der Waals surface area contributed by atoms with E-state index in [1.54, 1.807) is 35.5 Å². The Balaban J connectivity index is 1.55. The fourth-order valence-electron chi connectivity index (χ4n) is 3.67. The summed E-state index contributed by atoms with van der Waals surface area (Å²) in [6, 6.07) is 7.44. The molecule has 0 saturated heterocycles. The van der Waals surface area contributed by atoms with Gasteiger partial charge in [0.2, 0.25) is 0 Å². The molecular weight excluding hydrogens is 376 g/mol. The highest BCUT2D eigenvalue weighted by molar-refractivity contribution is 7.99. The van der Waals surface area contributed by atoms with Crippen molar-refractivity contribution in [3.8, 4) is 0 Å². The molecule has 4 aromatic rings. The maximum atomic E-state index is 12.4. The molecule has 7 heteroatoms. The lowest BCUT2D eigenvalue weighted by Gasteiger charge is -2.14. The molecule has 3 aromatic heterocycles. The second-order valence-electron chi connectivity index (χ2n) is 6.80. The summed E-state index contributed by atoms with van der Waals surface area (Å²) in [6.45, 7) is 2.06. The molecule has 1 N–H and O–H groups in total. The van der Waals surface area contributed by atoms with Gasteiger partial charge in [-0.3, -0.25) is 4.79 Å². The van der Waals surface area contributed by atoms with Crippen LogP contribution in [0, 0.1) is 0 Å². The number of para-hydroxylation sites is 1. The molecule has 1 aliphatic rings. The fourth-order valence-corrected chi connectivity index (χ4v) is 5.97. The molecule has 0 amide bonds. The number of benzene rings is 1. The molecule has 0 fully saturated rings. The summed E-state index contributed by atoms with van der Waals surface area (Å²) < 4.78 is 0. The van der Waals surface area contributed by atoms with Gasteiger partial charge in [-0.05, 0) is 50.3 Å². The summed E-state index contributed by atoms with van der Waals surface area (Å²) in [7, 11) is 0. The summed E-state index contributed by atoms with van der Waals surface area (Å²) >= 11 is 3.45. The van der Waals surface area contributed by atoms with Gasteiger partial charge in [0, 0.05) is 10.3 Å². The first kappa shape index (κ1) is 16.9. The van der Waals surface area contributed by atoms with E-state index in [-0.39, 0.29) is 10.8 Å². The molecule has 1 atom stereocenters. The maximum absolute atomic E-state index is 12.4. The second-order valence-corrected chi connectivity index (χ2v) is 9.21. The highest BCUT2D eigenvalue weighted by Gasteiger charge is 2.22. The van der Waals surface area contributed by atoms with Crippen molar-refractivity contribution in [1.82, 2.24) is 19.9 Å². The van der Waals surface area contributed by atoms with E-state index in [0.717, 1.165) is 28.2 Å². The van der Waals surface area contributed by atoms with E-state index in [1.165, 1.54) is 28.7 Å². The third-order valence-corrected chi connectivity index (χ3v) is 7.33. The van der Waals surface area contributed by atoms with Crippen molar-refractivity contribution in [2.24, 2.45) is 0 Å². The molecule has 0 radical (unpaired) electrons. The van der Waals surface area contributed by atoms with E-state index in [4.69, 9.17) is 0 Å². The minimum absolute atomic E-state index is 0.0143. The molecule has 5 nitrogen and oxygen atoms in total. The monoisotopic (exact) mass is 394 g/mol. The first-order valence-corrected chi connectivity index (χ1v) is 10.8. The van der Waals surface area contributed by atoms with Gasteiger partial charge in [0.05, 0.1) is 16.2 Å². The third kappa shape index (κ3) is 2.95. The zero-order valence-electron chi connectivity index (χ0n) is 14.9. The van der Waals surface area contributed by atoms with Gasteiger partial charge in [-0.2, -0.15) is 0 Å². The van der Waals surface area contributed by atoms with Gasteiger partial charge in [0.1, 0.15) is 22.0 Å². The highest BCUT2D eigenvalue weighted by Crippen LogP contribution is 2.42. The fraction of sp³-hybridized carbons (Fsp3) is 0.300. The lowest BCUT2D eigenvalue weighted by atomic mass is 9.97. The summed E-state index contributed by atoms with van der Waals surface area (Å²) in [5.74, 6) is 0.680. The van der Waals surface area contributed by atoms with Gasteiger partial charge in [-0.1, -0.05) is 23.9 Å². The first-order chi connectivity index (χ1) is 13.2. The van der Waals surface area contributed by atoms with Gasteiger partial charge in [0.15, 0.2) is 0 Å². The van der Waals surface area contributed by atoms with Gasteiger partial charge in [0.25, 0.3) is 5.56 Å². The minimum Gasteiger partial charge on any atom is -0.309 e. The van der Waals surface area contributed by atoms with Crippen LogP contribution < -0.4 is 5.56 Å². The van der Waals surface area contributed by atoms with E-state index < -0.39 is 0 Å². The number of hydrogen-bond acceptors (Lipinski definition) is 6. The van der Waals surface area contributed by atoms with Crippen molar-refractivity contribution >= 4 is 44.2 Å². The van der Waals surface area contributed by atoms with Gasteiger partial charge >= 0.3 is 0 Å². The van der Waals surface area contributed by atoms with Gasteiger partial charge in [-0.25, -0.2) is 15.0 Å². The molecular formula is C20H18N4OS2. The van der Waals surface area contributed by atoms with Crippen LogP contribution in [-0.2, 0) is 12.8 Å². The Kier molecular flexibility index (Phi) is 4.21. The van der Waals surface area contributed by atoms with Crippen LogP contribution in [-0.4, -0.2) is 19.9 Å². The molecule has 1 aromatic carbocycles. The normalized spacial score (nSPS) is 15.1. The largest absolute Gasteiger partial charge is 0.309 e. The number of thiophene rings is 1. The Labute approximate surface area is 164 Å². The van der Waals surface area contributed by atoms with Crippen molar-refractivity contribution in [3.63, 3.8) is 0 Å². The Morgan fingerprint density at radius 2 is 2.04 bits per heavy atom. The standard InChI is InChI=1S/C20H18N4OS2/c1-11(17-23-14-8-4-2-6-12(14)18(25)24-17)26-19-16-13-7-3-5-9-15(13)27-20(16)22-10-21-19/h2,4,6,8,10-11H,3,5,7,9H2,1H3,(H,23,24,25)/t11-/m0/s1. The summed E-state index contributed by atoms with van der Waals surface area (Å²) in [5.41, 5.74) is 2.06. The van der Waals surface area contributed by atoms with E-state index >= 15 is 0 Å². The molecule has 3 heterocycles. The highest BCUT2D eigenvalue weighted by atomic mass is 32.2. The van der Waals surface area contributed by atoms with Crippen molar-refractivity contribution in [3.05, 3.63) is 57.2 Å². The maximum Gasteiger partial charge on any atom is 0.258 e. The van der Waals surface area contributed by atoms with E-state index in [0.29, 0.717) is 11.2 Å². The Hall–Kier alpha value is -2.25. The molecule has 0 saturated carbocycles. The van der Waals surface area contributed by atoms with E-state index in [2.05, 4.69) is 26.9 Å². The zero-order valence-corrected chi connectivity index (χ0v) is 16.5. The number of aromatic amines is 1. The number of nitrogens with zero attached hydrogens (tertiary/aromatic N) is 3. The Morgan fingerprint density at radius 3 is 2.96 bits per heavy atom. The number of fused-ring (bicyclic) bond motifs is 4. The molecule has 0 aliphatic heterocycles. The van der Waals surface area contributed by atoms with Crippen LogP contribution in [0.4, 0.5) is 0 Å². The molecule has 0 unspecified atom stereocenters. The van der Waals surface area contributed by atoms with Gasteiger partial charge < -0.3 is 4.98 Å². The molecule has 1 aliphatic carbocycles. The van der Waals surface area contributed by atoms with Crippen molar-refractivity contribution in [2.45, 2.75) is 42.9 Å². The van der Waals surface area contributed by atoms with Crippen LogP contribution in [0.15, 0.2) is 40.4 Å². The van der Waals surface area contributed by atoms with Crippen molar-refractivity contribution in [1.29, 1.82) is 0 Å². The van der Waals surface area contributed by atoms with E-state index in [9.17, 15) is 4.79 Å². The number of aryl methyl sites for hydroxylation is 2. The summed E-state index contributed by atoms with van der Waals surface area (Å²) in [5, 5.41) is 2.80. The zero-order chi connectivity index (χ0) is 18.4. The molecule has 27 heavy (non-hydrogen) atoms. The number of thioether (sulfide) groups is 1. The summed E-state index contributed by atoms with van der Waals surface area (Å²) in [6.07, 6.45) is 6.39. The Morgan fingerprint density at radius 1 is 1.19 bits per heavy atom. The third-order valence-electron chi connectivity index (χ3n) is 5.02. The molecule has 0 spiro atoms. The summed E-state index contributed by atoms with van der Waals surface area (Å²) in [4.78, 5) is 31.6. The topological polar surface area (TPSA) is 71.5 Å². The number of nitrogens with one attached hydrogen (secondary N) is 1. The van der Waals surface area contributed by atoms with Crippen LogP contribution in [0.3, 0.4) is 0 Å². The number of hydrogen-bond donors (Lipinski definition) is 1.